The third kappa shape index (κ3) is 7.14. The highest BCUT2D eigenvalue weighted by atomic mass is 32.1. The predicted octanol–water partition coefficient (Wildman–Crippen LogP) is 4.19. The van der Waals surface area contributed by atoms with Gasteiger partial charge in [0.15, 0.2) is 0 Å². The molecule has 2 aromatic rings. The second-order valence-corrected chi connectivity index (χ2v) is 10.0. The number of carbonyl (C=O) groups excluding carboxylic acids is 3. The molecule has 2 unspecified atom stereocenters. The van der Waals surface area contributed by atoms with Gasteiger partial charge in [-0.05, 0) is 69.9 Å². The van der Waals surface area contributed by atoms with Crippen LogP contribution in [-0.4, -0.2) is 51.4 Å². The molecule has 188 valence electrons. The topological polar surface area (TPSA) is 108 Å². The molecule has 0 radical (unpaired) electrons. The Labute approximate surface area is 211 Å². The highest BCUT2D eigenvalue weighted by molar-refractivity contribution is 7.80. The van der Waals surface area contributed by atoms with E-state index >= 15 is 0 Å². The van der Waals surface area contributed by atoms with E-state index in [0.29, 0.717) is 11.3 Å². The minimum absolute atomic E-state index is 0.0308. The minimum atomic E-state index is -0.986. The van der Waals surface area contributed by atoms with Gasteiger partial charge in [0.1, 0.15) is 23.4 Å². The SMILES string of the molecule is Cc1ccccc1NC(=O)C(c1ccc(O)cc1)N(C(=O)C(CS)NC(=O)OC(C)(C)C)C1CC1. The summed E-state index contributed by atoms with van der Waals surface area (Å²) < 4.78 is 5.31. The first-order chi connectivity index (χ1) is 16.5. The number of rotatable bonds is 8. The molecule has 1 aliphatic rings. The number of carbonyl (C=O) groups is 3. The van der Waals surface area contributed by atoms with Crippen LogP contribution < -0.4 is 10.6 Å². The number of anilines is 1. The summed E-state index contributed by atoms with van der Waals surface area (Å²) in [5.74, 6) is -0.731. The van der Waals surface area contributed by atoms with Gasteiger partial charge in [-0.3, -0.25) is 9.59 Å². The Hall–Kier alpha value is -3.20. The van der Waals surface area contributed by atoms with Crippen molar-refractivity contribution in [2.75, 3.05) is 11.1 Å². The fraction of sp³-hybridized carbons (Fsp3) is 0.423. The quantitative estimate of drug-likeness (QED) is 0.407. The van der Waals surface area contributed by atoms with Crippen molar-refractivity contribution < 1.29 is 24.2 Å². The Morgan fingerprint density at radius 2 is 1.74 bits per heavy atom. The lowest BCUT2D eigenvalue weighted by Gasteiger charge is -2.34. The summed E-state index contributed by atoms with van der Waals surface area (Å²) >= 11 is 4.29. The molecule has 0 bridgehead atoms. The minimum Gasteiger partial charge on any atom is -0.508 e. The summed E-state index contributed by atoms with van der Waals surface area (Å²) in [6, 6.07) is 11.5. The fourth-order valence-electron chi connectivity index (χ4n) is 3.70. The van der Waals surface area contributed by atoms with E-state index in [1.807, 2.05) is 25.1 Å². The van der Waals surface area contributed by atoms with Crippen LogP contribution in [0.25, 0.3) is 0 Å². The Morgan fingerprint density at radius 1 is 1.11 bits per heavy atom. The number of ether oxygens (including phenoxy) is 1. The summed E-state index contributed by atoms with van der Waals surface area (Å²) in [6.45, 7) is 7.09. The number of para-hydroxylation sites is 1. The number of amides is 3. The Balaban J connectivity index is 1.94. The highest BCUT2D eigenvalue weighted by Crippen LogP contribution is 2.36. The molecule has 1 fully saturated rings. The maximum absolute atomic E-state index is 13.7. The van der Waals surface area contributed by atoms with Gasteiger partial charge in [-0.25, -0.2) is 4.79 Å². The van der Waals surface area contributed by atoms with Gasteiger partial charge in [-0.2, -0.15) is 12.6 Å². The molecular formula is C26H33N3O5S. The zero-order valence-electron chi connectivity index (χ0n) is 20.4. The number of phenols is 1. The molecule has 1 saturated carbocycles. The van der Waals surface area contributed by atoms with Gasteiger partial charge in [0.2, 0.25) is 5.91 Å². The van der Waals surface area contributed by atoms with E-state index in [0.717, 1.165) is 18.4 Å². The lowest BCUT2D eigenvalue weighted by molar-refractivity contribution is -0.141. The molecule has 2 aromatic carbocycles. The van der Waals surface area contributed by atoms with Crippen LogP contribution in [0.3, 0.4) is 0 Å². The number of hydrogen-bond donors (Lipinski definition) is 4. The van der Waals surface area contributed by atoms with Crippen LogP contribution in [0.2, 0.25) is 0 Å². The van der Waals surface area contributed by atoms with E-state index in [1.165, 1.54) is 17.0 Å². The zero-order valence-corrected chi connectivity index (χ0v) is 21.3. The largest absolute Gasteiger partial charge is 0.508 e. The standard InChI is InChI=1S/C26H33N3O5S/c1-16-7-5-6-8-20(16)27-23(31)22(17-9-13-19(30)14-10-17)29(18-11-12-18)24(32)21(15-35)28-25(33)34-26(2,3)4/h5-10,13-14,18,21-22,30,35H,11-12,15H2,1-4H3,(H,27,31)(H,28,33). The van der Waals surface area contributed by atoms with Crippen molar-refractivity contribution in [3.63, 3.8) is 0 Å². The second kappa shape index (κ2) is 11.0. The molecule has 1 aliphatic carbocycles. The average molecular weight is 500 g/mol. The van der Waals surface area contributed by atoms with E-state index in [1.54, 1.807) is 39.0 Å². The van der Waals surface area contributed by atoms with Crippen molar-refractivity contribution >= 4 is 36.2 Å². The van der Waals surface area contributed by atoms with Crippen molar-refractivity contribution in [1.82, 2.24) is 10.2 Å². The normalized spacial score (nSPS) is 15.0. The molecule has 0 saturated heterocycles. The molecule has 35 heavy (non-hydrogen) atoms. The van der Waals surface area contributed by atoms with Gasteiger partial charge >= 0.3 is 6.09 Å². The summed E-state index contributed by atoms with van der Waals surface area (Å²) in [5, 5.41) is 15.3. The van der Waals surface area contributed by atoms with Crippen molar-refractivity contribution in [2.45, 2.75) is 64.3 Å². The lowest BCUT2D eigenvalue weighted by Crippen LogP contribution is -2.54. The smallest absolute Gasteiger partial charge is 0.408 e. The number of nitrogens with one attached hydrogen (secondary N) is 2. The molecule has 2 atom stereocenters. The van der Waals surface area contributed by atoms with Gasteiger partial charge in [0.05, 0.1) is 0 Å². The van der Waals surface area contributed by atoms with Crippen LogP contribution in [0.15, 0.2) is 48.5 Å². The number of thiol groups is 1. The lowest BCUT2D eigenvalue weighted by atomic mass is 10.0. The summed E-state index contributed by atoms with van der Waals surface area (Å²) in [6.07, 6.45) is 0.749. The van der Waals surface area contributed by atoms with Crippen LogP contribution >= 0.6 is 12.6 Å². The van der Waals surface area contributed by atoms with Crippen molar-refractivity contribution in [3.05, 3.63) is 59.7 Å². The van der Waals surface area contributed by atoms with Gasteiger partial charge in [0, 0.05) is 17.5 Å². The fourth-order valence-corrected chi connectivity index (χ4v) is 3.94. The number of aromatic hydroxyl groups is 1. The Bertz CT molecular complexity index is 1060. The molecule has 0 aliphatic heterocycles. The maximum Gasteiger partial charge on any atom is 0.408 e. The van der Waals surface area contributed by atoms with E-state index in [2.05, 4.69) is 23.3 Å². The Kier molecular flexibility index (Phi) is 8.32. The summed E-state index contributed by atoms with van der Waals surface area (Å²) in [7, 11) is 0. The van der Waals surface area contributed by atoms with Crippen LogP contribution in [-0.2, 0) is 14.3 Å². The molecule has 3 rings (SSSR count). The number of phenolic OH excluding ortho intramolecular Hbond substituents is 1. The van der Waals surface area contributed by atoms with Crippen LogP contribution in [0, 0.1) is 6.92 Å². The number of alkyl carbamates (subject to hydrolysis) is 1. The predicted molar refractivity (Wildman–Crippen MR) is 138 cm³/mol. The summed E-state index contributed by atoms with van der Waals surface area (Å²) in [5.41, 5.74) is 1.34. The second-order valence-electron chi connectivity index (χ2n) is 9.66. The summed E-state index contributed by atoms with van der Waals surface area (Å²) in [4.78, 5) is 41.3. The van der Waals surface area contributed by atoms with E-state index in [9.17, 15) is 19.5 Å². The molecular weight excluding hydrogens is 466 g/mol. The van der Waals surface area contributed by atoms with Crippen LogP contribution in [0.5, 0.6) is 5.75 Å². The van der Waals surface area contributed by atoms with Gasteiger partial charge in [-0.15, -0.1) is 0 Å². The average Bonchev–Trinajstić information content (AvgIpc) is 3.61. The first-order valence-electron chi connectivity index (χ1n) is 11.6. The first-order valence-corrected chi connectivity index (χ1v) is 12.2. The molecule has 9 heteroatoms. The number of hydrogen-bond acceptors (Lipinski definition) is 6. The van der Waals surface area contributed by atoms with Gasteiger partial charge in [-0.1, -0.05) is 30.3 Å². The van der Waals surface area contributed by atoms with Gasteiger partial charge < -0.3 is 25.4 Å². The molecule has 0 aromatic heterocycles. The number of nitrogens with zero attached hydrogens (tertiary/aromatic N) is 1. The number of aryl methyl sites for hydroxylation is 1. The third-order valence-corrected chi connectivity index (χ3v) is 5.87. The van der Waals surface area contributed by atoms with Crippen LogP contribution in [0.1, 0.15) is 50.8 Å². The third-order valence-electron chi connectivity index (χ3n) is 5.50. The Morgan fingerprint density at radius 3 is 2.29 bits per heavy atom. The molecule has 3 N–H and O–H groups in total. The molecule has 3 amide bonds. The number of benzene rings is 2. The van der Waals surface area contributed by atoms with Crippen molar-refractivity contribution in [2.24, 2.45) is 0 Å². The monoisotopic (exact) mass is 499 g/mol. The molecule has 8 nitrogen and oxygen atoms in total. The van der Waals surface area contributed by atoms with E-state index in [-0.39, 0.29) is 23.5 Å². The van der Waals surface area contributed by atoms with Gasteiger partial charge in [0.25, 0.3) is 5.91 Å². The zero-order chi connectivity index (χ0) is 25.8. The molecule has 0 heterocycles. The van der Waals surface area contributed by atoms with Crippen LogP contribution in [0.4, 0.5) is 10.5 Å². The maximum atomic E-state index is 13.7. The van der Waals surface area contributed by atoms with Crippen molar-refractivity contribution in [1.29, 1.82) is 0 Å². The molecule has 0 spiro atoms. The highest BCUT2D eigenvalue weighted by Gasteiger charge is 2.44. The first kappa shape index (κ1) is 26.4. The van der Waals surface area contributed by atoms with Crippen molar-refractivity contribution in [3.8, 4) is 5.75 Å². The van der Waals surface area contributed by atoms with E-state index < -0.39 is 29.7 Å². The van der Waals surface area contributed by atoms with E-state index in [4.69, 9.17) is 4.74 Å².